The monoisotopic (exact) mass is 317 g/mol. The molecule has 1 heterocycles. The summed E-state index contributed by atoms with van der Waals surface area (Å²) in [6.07, 6.45) is 5.71. The Balaban J connectivity index is 3.15. The first-order chi connectivity index (χ1) is 9.58. The van der Waals surface area contributed by atoms with Gasteiger partial charge < -0.3 is 9.47 Å². The Morgan fingerprint density at radius 3 is 2.70 bits per heavy atom. The number of allylic oxidation sites excluding steroid dienone is 3. The van der Waals surface area contributed by atoms with Crippen LogP contribution in [-0.2, 0) is 9.47 Å². The quantitative estimate of drug-likeness (QED) is 0.333. The molecule has 0 aliphatic carbocycles. The number of hydrogen-bond acceptors (Lipinski definition) is 5. The summed E-state index contributed by atoms with van der Waals surface area (Å²) in [5, 5.41) is 7.89. The second-order valence-electron chi connectivity index (χ2n) is 3.89. The highest BCUT2D eigenvalue weighted by Crippen LogP contribution is 2.21. The summed E-state index contributed by atoms with van der Waals surface area (Å²) in [6, 6.07) is 0. The molecule has 0 N–H and O–H groups in total. The van der Waals surface area contributed by atoms with E-state index < -0.39 is 0 Å². The van der Waals surface area contributed by atoms with E-state index in [2.05, 4.69) is 15.2 Å². The number of methoxy groups -OCH3 is 1. The SMILES string of the molecule is CC/C(=C(\C=CC(C)Cl)OCOC)c1ncc(Cl)nn1. The van der Waals surface area contributed by atoms with E-state index in [0.29, 0.717) is 18.0 Å². The zero-order valence-electron chi connectivity index (χ0n) is 11.6. The van der Waals surface area contributed by atoms with Crippen molar-refractivity contribution >= 4 is 28.8 Å². The van der Waals surface area contributed by atoms with Crippen LogP contribution in [0.5, 0.6) is 0 Å². The molecule has 0 bridgehead atoms. The molecule has 0 aliphatic heterocycles. The van der Waals surface area contributed by atoms with Crippen molar-refractivity contribution in [2.45, 2.75) is 25.6 Å². The van der Waals surface area contributed by atoms with Crippen LogP contribution in [0, 0.1) is 0 Å². The van der Waals surface area contributed by atoms with E-state index >= 15 is 0 Å². The summed E-state index contributed by atoms with van der Waals surface area (Å²) in [7, 11) is 1.55. The highest BCUT2D eigenvalue weighted by molar-refractivity contribution is 6.29. The molecular weight excluding hydrogens is 301 g/mol. The van der Waals surface area contributed by atoms with Crippen molar-refractivity contribution in [3.63, 3.8) is 0 Å². The molecule has 0 radical (unpaired) electrons. The number of aromatic nitrogens is 3. The predicted molar refractivity (Wildman–Crippen MR) is 79.5 cm³/mol. The maximum absolute atomic E-state index is 5.91. The number of halogens is 2. The zero-order valence-corrected chi connectivity index (χ0v) is 13.1. The average molecular weight is 318 g/mol. The van der Waals surface area contributed by atoms with E-state index in [4.69, 9.17) is 32.7 Å². The molecule has 0 spiro atoms. The standard InChI is InChI=1S/C13H17Cl2N3O2/c1-4-10(13-16-7-12(15)17-18-13)11(20-8-19-3)6-5-9(2)14/h5-7,9H,4,8H2,1-3H3/b6-5?,11-10-. The third kappa shape index (κ3) is 5.45. The number of rotatable bonds is 7. The Morgan fingerprint density at radius 2 is 2.20 bits per heavy atom. The van der Waals surface area contributed by atoms with Crippen LogP contribution in [0.3, 0.4) is 0 Å². The minimum absolute atomic E-state index is 0.112. The van der Waals surface area contributed by atoms with Crippen molar-refractivity contribution in [1.82, 2.24) is 15.2 Å². The molecule has 5 nitrogen and oxygen atoms in total. The Hall–Kier alpha value is -1.17. The van der Waals surface area contributed by atoms with Crippen LogP contribution < -0.4 is 0 Å². The molecule has 1 aromatic rings. The summed E-state index contributed by atoms with van der Waals surface area (Å²) in [6.45, 7) is 3.96. The second-order valence-corrected chi connectivity index (χ2v) is 4.96. The number of ether oxygens (including phenoxy) is 2. The van der Waals surface area contributed by atoms with E-state index in [9.17, 15) is 0 Å². The van der Waals surface area contributed by atoms with Crippen LogP contribution in [0.1, 0.15) is 26.1 Å². The molecule has 0 aromatic carbocycles. The molecular formula is C13H17Cl2N3O2. The average Bonchev–Trinajstić information content (AvgIpc) is 2.43. The molecule has 1 unspecified atom stereocenters. The lowest BCUT2D eigenvalue weighted by atomic mass is 10.1. The van der Waals surface area contributed by atoms with Crippen molar-refractivity contribution in [3.05, 3.63) is 35.1 Å². The van der Waals surface area contributed by atoms with Gasteiger partial charge >= 0.3 is 0 Å². The summed E-state index contributed by atoms with van der Waals surface area (Å²) < 4.78 is 10.5. The first kappa shape index (κ1) is 16.9. The molecule has 0 aliphatic rings. The molecule has 0 saturated carbocycles. The van der Waals surface area contributed by atoms with Gasteiger partial charge in [-0.3, -0.25) is 0 Å². The molecule has 110 valence electrons. The van der Waals surface area contributed by atoms with Crippen LogP contribution in [0.4, 0.5) is 0 Å². The lowest BCUT2D eigenvalue weighted by Crippen LogP contribution is -2.03. The van der Waals surface area contributed by atoms with E-state index in [1.54, 1.807) is 13.2 Å². The zero-order chi connectivity index (χ0) is 15.0. The Kier molecular flexibility index (Phi) is 7.51. The molecule has 1 rings (SSSR count). The van der Waals surface area contributed by atoms with Crippen molar-refractivity contribution in [1.29, 1.82) is 0 Å². The van der Waals surface area contributed by atoms with Gasteiger partial charge in [0.05, 0.1) is 6.20 Å². The van der Waals surface area contributed by atoms with Crippen LogP contribution in [0.25, 0.3) is 5.57 Å². The van der Waals surface area contributed by atoms with Gasteiger partial charge in [0.15, 0.2) is 17.8 Å². The van der Waals surface area contributed by atoms with Crippen molar-refractivity contribution in [3.8, 4) is 0 Å². The van der Waals surface area contributed by atoms with Crippen LogP contribution >= 0.6 is 23.2 Å². The second kappa shape index (κ2) is 8.89. The van der Waals surface area contributed by atoms with E-state index in [1.807, 2.05) is 19.9 Å². The van der Waals surface area contributed by atoms with Gasteiger partial charge in [0.25, 0.3) is 0 Å². The fourth-order valence-corrected chi connectivity index (χ4v) is 1.58. The normalized spacial score (nSPS) is 14.2. The third-order valence-corrected chi connectivity index (χ3v) is 2.62. The van der Waals surface area contributed by atoms with Crippen molar-refractivity contribution in [2.24, 2.45) is 0 Å². The van der Waals surface area contributed by atoms with Crippen molar-refractivity contribution in [2.75, 3.05) is 13.9 Å². The Labute approximate surface area is 128 Å². The Morgan fingerprint density at radius 1 is 1.45 bits per heavy atom. The van der Waals surface area contributed by atoms with Crippen LogP contribution in [0.15, 0.2) is 24.1 Å². The van der Waals surface area contributed by atoms with Gasteiger partial charge in [-0.05, 0) is 19.4 Å². The first-order valence-corrected chi connectivity index (χ1v) is 6.92. The van der Waals surface area contributed by atoms with Crippen LogP contribution in [-0.4, -0.2) is 34.5 Å². The molecule has 20 heavy (non-hydrogen) atoms. The number of alkyl halides is 1. The Bertz CT molecular complexity index is 473. The van der Waals surface area contributed by atoms with Crippen molar-refractivity contribution < 1.29 is 9.47 Å². The maximum atomic E-state index is 5.91. The van der Waals surface area contributed by atoms with Gasteiger partial charge in [0.1, 0.15) is 5.76 Å². The van der Waals surface area contributed by atoms with E-state index in [-0.39, 0.29) is 17.3 Å². The molecule has 1 atom stereocenters. The maximum Gasteiger partial charge on any atom is 0.188 e. The van der Waals surface area contributed by atoms with Gasteiger partial charge in [0.2, 0.25) is 0 Å². The van der Waals surface area contributed by atoms with Gasteiger partial charge in [0, 0.05) is 18.1 Å². The lowest BCUT2D eigenvalue weighted by molar-refractivity contribution is 0.0105. The highest BCUT2D eigenvalue weighted by Gasteiger charge is 2.11. The fraction of sp³-hybridized carbons (Fsp3) is 0.462. The number of hydrogen-bond donors (Lipinski definition) is 0. The van der Waals surface area contributed by atoms with Gasteiger partial charge in [-0.1, -0.05) is 24.6 Å². The van der Waals surface area contributed by atoms with Gasteiger partial charge in [-0.25, -0.2) is 4.98 Å². The molecule has 1 aromatic heterocycles. The van der Waals surface area contributed by atoms with Crippen LogP contribution in [0.2, 0.25) is 5.15 Å². The number of nitrogens with zero attached hydrogens (tertiary/aromatic N) is 3. The third-order valence-electron chi connectivity index (χ3n) is 2.30. The topological polar surface area (TPSA) is 57.1 Å². The van der Waals surface area contributed by atoms with E-state index in [1.165, 1.54) is 6.20 Å². The first-order valence-electron chi connectivity index (χ1n) is 6.11. The molecule has 7 heteroatoms. The molecule has 0 amide bonds. The summed E-state index contributed by atoms with van der Waals surface area (Å²) in [4.78, 5) is 4.15. The van der Waals surface area contributed by atoms with Gasteiger partial charge in [-0.15, -0.1) is 21.8 Å². The summed E-state index contributed by atoms with van der Waals surface area (Å²) in [5.41, 5.74) is 0.805. The smallest absolute Gasteiger partial charge is 0.188 e. The summed E-state index contributed by atoms with van der Waals surface area (Å²) >= 11 is 11.6. The molecule has 0 fully saturated rings. The minimum atomic E-state index is -0.112. The highest BCUT2D eigenvalue weighted by atomic mass is 35.5. The lowest BCUT2D eigenvalue weighted by Gasteiger charge is -2.11. The fourth-order valence-electron chi connectivity index (χ4n) is 1.42. The minimum Gasteiger partial charge on any atom is -0.467 e. The van der Waals surface area contributed by atoms with Gasteiger partial charge in [-0.2, -0.15) is 0 Å². The largest absolute Gasteiger partial charge is 0.467 e. The van der Waals surface area contributed by atoms with E-state index in [0.717, 1.165) is 5.57 Å². The predicted octanol–water partition coefficient (Wildman–Crippen LogP) is 3.45. The summed E-state index contributed by atoms with van der Waals surface area (Å²) in [5.74, 6) is 1.07. The molecule has 0 saturated heterocycles.